The second-order valence-electron chi connectivity index (χ2n) is 7.99. The molecule has 0 spiro atoms. The maximum absolute atomic E-state index is 13.0. The lowest BCUT2D eigenvalue weighted by molar-refractivity contribution is -0.143. The van der Waals surface area contributed by atoms with Crippen molar-refractivity contribution in [2.24, 2.45) is 5.73 Å². The van der Waals surface area contributed by atoms with Crippen LogP contribution in [-0.2, 0) is 14.4 Å². The van der Waals surface area contributed by atoms with Gasteiger partial charge in [-0.25, -0.2) is 0 Å². The van der Waals surface area contributed by atoms with Crippen LogP contribution in [0.4, 0.5) is 5.69 Å². The van der Waals surface area contributed by atoms with E-state index >= 15 is 0 Å². The summed E-state index contributed by atoms with van der Waals surface area (Å²) in [6, 6.07) is 5.67. The highest BCUT2D eigenvalue weighted by atomic mass is 16.2. The number of nitrogens with one attached hydrogen (secondary N) is 2. The number of carbonyl (C=O) groups excluding carboxylic acids is 4. The van der Waals surface area contributed by atoms with E-state index in [9.17, 15) is 19.2 Å². The number of hydrogen-bond acceptors (Lipinski definition) is 6. The minimum absolute atomic E-state index is 0.0418. The van der Waals surface area contributed by atoms with Crippen LogP contribution in [0, 0.1) is 0 Å². The van der Waals surface area contributed by atoms with Gasteiger partial charge in [-0.15, -0.1) is 0 Å². The van der Waals surface area contributed by atoms with Crippen LogP contribution in [0.5, 0.6) is 0 Å². The molecule has 10 heteroatoms. The van der Waals surface area contributed by atoms with Crippen LogP contribution in [0.2, 0.25) is 0 Å². The molecule has 2 unspecified atom stereocenters. The fourth-order valence-electron chi connectivity index (χ4n) is 3.87. The molecule has 2 fully saturated rings. The molecule has 10 nitrogen and oxygen atoms in total. The molecule has 0 radical (unpaired) electrons. The van der Waals surface area contributed by atoms with Crippen molar-refractivity contribution in [1.82, 2.24) is 20.4 Å². The van der Waals surface area contributed by atoms with Gasteiger partial charge in [0.1, 0.15) is 12.1 Å². The van der Waals surface area contributed by atoms with Crippen LogP contribution in [0.25, 0.3) is 0 Å². The molecule has 0 aliphatic carbocycles. The van der Waals surface area contributed by atoms with Crippen LogP contribution in [0.3, 0.4) is 0 Å². The van der Waals surface area contributed by atoms with Gasteiger partial charge in [-0.1, -0.05) is 0 Å². The first-order valence-electron chi connectivity index (χ1n) is 10.5. The van der Waals surface area contributed by atoms with Crippen LogP contribution in [0.1, 0.15) is 23.2 Å². The summed E-state index contributed by atoms with van der Waals surface area (Å²) >= 11 is 0. The van der Waals surface area contributed by atoms with Crippen molar-refractivity contribution in [1.29, 1.82) is 0 Å². The molecule has 2 aliphatic heterocycles. The van der Waals surface area contributed by atoms with Gasteiger partial charge >= 0.3 is 0 Å². The number of anilines is 1. The molecule has 1 aromatic rings. The molecule has 168 valence electrons. The molecule has 31 heavy (non-hydrogen) atoms. The molecule has 1 aromatic carbocycles. The summed E-state index contributed by atoms with van der Waals surface area (Å²) in [7, 11) is 3.83. The van der Waals surface area contributed by atoms with Crippen molar-refractivity contribution in [3.05, 3.63) is 29.8 Å². The van der Waals surface area contributed by atoms with Crippen molar-refractivity contribution >= 4 is 29.3 Å². The molecule has 2 saturated heterocycles. The molecule has 4 amide bonds. The Kier molecular flexibility index (Phi) is 7.11. The summed E-state index contributed by atoms with van der Waals surface area (Å²) in [6.07, 6.45) is 1.30. The van der Waals surface area contributed by atoms with Gasteiger partial charge in [0, 0.05) is 45.0 Å². The number of benzene rings is 1. The molecule has 2 heterocycles. The summed E-state index contributed by atoms with van der Waals surface area (Å²) in [5, 5.41) is 5.46. The Hall–Kier alpha value is -3.14. The molecule has 2 aliphatic rings. The largest absolute Gasteiger partial charge is 0.378 e. The van der Waals surface area contributed by atoms with E-state index in [1.807, 2.05) is 31.1 Å². The molecule has 0 saturated carbocycles. The lowest BCUT2D eigenvalue weighted by atomic mass is 10.0. The minimum atomic E-state index is -0.899. The second kappa shape index (κ2) is 9.78. The smallest absolute Gasteiger partial charge is 0.254 e. The Balaban J connectivity index is 1.74. The van der Waals surface area contributed by atoms with Gasteiger partial charge in [0.05, 0.1) is 13.1 Å². The SMILES string of the molecule is CN(C)c1ccc(C(=O)N2CCN(C(=O)CN)C(C(=O)NC3CCCNC3=O)C2)cc1. The third-order valence-corrected chi connectivity index (χ3v) is 5.70. The Bertz CT molecular complexity index is 841. The van der Waals surface area contributed by atoms with Crippen LogP contribution >= 0.6 is 0 Å². The second-order valence-corrected chi connectivity index (χ2v) is 7.99. The fraction of sp³-hybridized carbons (Fsp3) is 0.524. The fourth-order valence-corrected chi connectivity index (χ4v) is 3.87. The van der Waals surface area contributed by atoms with Gasteiger partial charge in [0.2, 0.25) is 17.7 Å². The lowest BCUT2D eigenvalue weighted by Crippen LogP contribution is -2.64. The van der Waals surface area contributed by atoms with E-state index in [1.54, 1.807) is 17.0 Å². The third kappa shape index (κ3) is 5.13. The van der Waals surface area contributed by atoms with Gasteiger partial charge in [0.15, 0.2) is 0 Å². The predicted molar refractivity (Wildman–Crippen MR) is 115 cm³/mol. The van der Waals surface area contributed by atoms with Gasteiger partial charge < -0.3 is 31.1 Å². The molecule has 0 aromatic heterocycles. The summed E-state index contributed by atoms with van der Waals surface area (Å²) < 4.78 is 0. The van der Waals surface area contributed by atoms with Crippen molar-refractivity contribution in [2.45, 2.75) is 24.9 Å². The highest BCUT2D eigenvalue weighted by molar-refractivity contribution is 5.97. The topological polar surface area (TPSA) is 128 Å². The zero-order valence-corrected chi connectivity index (χ0v) is 18.0. The molecular formula is C21H30N6O4. The Morgan fingerprint density at radius 3 is 2.52 bits per heavy atom. The van der Waals surface area contributed by atoms with Crippen LogP contribution < -0.4 is 21.3 Å². The minimum Gasteiger partial charge on any atom is -0.378 e. The number of carbonyl (C=O) groups is 4. The number of nitrogens with zero attached hydrogens (tertiary/aromatic N) is 3. The van der Waals surface area contributed by atoms with E-state index in [0.717, 1.165) is 12.1 Å². The number of hydrogen-bond donors (Lipinski definition) is 3. The Morgan fingerprint density at radius 1 is 1.19 bits per heavy atom. The predicted octanol–water partition coefficient (Wildman–Crippen LogP) is -1.24. The average Bonchev–Trinajstić information content (AvgIpc) is 2.79. The van der Waals surface area contributed by atoms with Crippen LogP contribution in [-0.4, -0.2) is 92.3 Å². The van der Waals surface area contributed by atoms with Crippen molar-refractivity contribution < 1.29 is 19.2 Å². The first-order valence-corrected chi connectivity index (χ1v) is 10.5. The molecular weight excluding hydrogens is 400 g/mol. The van der Waals surface area contributed by atoms with E-state index < -0.39 is 18.0 Å². The molecule has 2 atom stereocenters. The number of piperazine rings is 1. The molecule has 3 rings (SSSR count). The van der Waals surface area contributed by atoms with Crippen molar-refractivity contribution in [3.8, 4) is 0 Å². The molecule has 0 bridgehead atoms. The third-order valence-electron chi connectivity index (χ3n) is 5.70. The highest BCUT2D eigenvalue weighted by Gasteiger charge is 2.38. The van der Waals surface area contributed by atoms with Gasteiger partial charge in [-0.3, -0.25) is 19.2 Å². The summed E-state index contributed by atoms with van der Waals surface area (Å²) in [5.41, 5.74) is 7.00. The normalized spacial score (nSPS) is 21.3. The van der Waals surface area contributed by atoms with E-state index in [1.165, 1.54) is 4.90 Å². The zero-order chi connectivity index (χ0) is 22.5. The number of amides is 4. The Morgan fingerprint density at radius 2 is 1.90 bits per heavy atom. The van der Waals surface area contributed by atoms with Crippen molar-refractivity contribution in [3.63, 3.8) is 0 Å². The van der Waals surface area contributed by atoms with Crippen molar-refractivity contribution in [2.75, 3.05) is 51.7 Å². The highest BCUT2D eigenvalue weighted by Crippen LogP contribution is 2.17. The van der Waals surface area contributed by atoms with E-state index in [-0.39, 0.29) is 37.4 Å². The first kappa shape index (κ1) is 22.5. The van der Waals surface area contributed by atoms with Gasteiger partial charge in [-0.05, 0) is 37.1 Å². The quantitative estimate of drug-likeness (QED) is 0.536. The maximum atomic E-state index is 13.0. The monoisotopic (exact) mass is 430 g/mol. The summed E-state index contributed by atoms with van der Waals surface area (Å²) in [6.45, 7) is 0.898. The number of rotatable bonds is 5. The van der Waals surface area contributed by atoms with Crippen LogP contribution in [0.15, 0.2) is 24.3 Å². The van der Waals surface area contributed by atoms with Gasteiger partial charge in [0.25, 0.3) is 5.91 Å². The average molecular weight is 431 g/mol. The summed E-state index contributed by atoms with van der Waals surface area (Å²) in [5.74, 6) is -1.26. The van der Waals surface area contributed by atoms with E-state index in [4.69, 9.17) is 5.73 Å². The maximum Gasteiger partial charge on any atom is 0.254 e. The lowest BCUT2D eigenvalue weighted by Gasteiger charge is -2.41. The number of piperidine rings is 1. The number of nitrogens with two attached hydrogens (primary N) is 1. The van der Waals surface area contributed by atoms with E-state index in [0.29, 0.717) is 25.1 Å². The Labute approximate surface area is 181 Å². The van der Waals surface area contributed by atoms with Gasteiger partial charge in [-0.2, -0.15) is 0 Å². The first-order chi connectivity index (χ1) is 14.8. The zero-order valence-electron chi connectivity index (χ0n) is 18.0. The molecule has 4 N–H and O–H groups in total. The van der Waals surface area contributed by atoms with E-state index in [2.05, 4.69) is 10.6 Å². The standard InChI is InChI=1S/C21H30N6O4/c1-25(2)15-7-5-14(6-8-15)21(31)26-10-11-27(18(28)12-22)17(13-26)20(30)24-16-4-3-9-23-19(16)29/h5-8,16-17H,3-4,9-13,22H2,1-2H3,(H,23,29)(H,24,30). The summed E-state index contributed by atoms with van der Waals surface area (Å²) in [4.78, 5) is 55.3.